The molecule has 2 rings (SSSR count). The SMILES string of the molecule is CCCCC1C=C2C=CC1C2. The van der Waals surface area contributed by atoms with Gasteiger partial charge in [0.1, 0.15) is 0 Å². The molecule has 2 aliphatic rings. The third-order valence-corrected chi connectivity index (χ3v) is 2.90. The molecular formula is C11H16. The van der Waals surface area contributed by atoms with Crippen molar-refractivity contribution in [3.8, 4) is 0 Å². The van der Waals surface area contributed by atoms with Gasteiger partial charge in [-0.25, -0.2) is 0 Å². The van der Waals surface area contributed by atoms with Crippen molar-refractivity contribution >= 4 is 0 Å². The second-order valence-electron chi connectivity index (χ2n) is 3.77. The molecule has 60 valence electrons. The first-order valence-electron chi connectivity index (χ1n) is 4.79. The summed E-state index contributed by atoms with van der Waals surface area (Å²) in [4.78, 5) is 0. The summed E-state index contributed by atoms with van der Waals surface area (Å²) in [7, 11) is 0. The highest BCUT2D eigenvalue weighted by Crippen LogP contribution is 2.40. The van der Waals surface area contributed by atoms with E-state index < -0.39 is 0 Å². The maximum atomic E-state index is 2.49. The summed E-state index contributed by atoms with van der Waals surface area (Å²) in [5, 5.41) is 0. The van der Waals surface area contributed by atoms with Crippen LogP contribution in [0.15, 0.2) is 23.8 Å². The maximum Gasteiger partial charge on any atom is -0.0127 e. The summed E-state index contributed by atoms with van der Waals surface area (Å²) in [5.74, 6) is 1.78. The molecule has 0 aromatic heterocycles. The summed E-state index contributed by atoms with van der Waals surface area (Å²) < 4.78 is 0. The first kappa shape index (κ1) is 7.15. The first-order chi connectivity index (χ1) is 5.40. The van der Waals surface area contributed by atoms with E-state index in [-0.39, 0.29) is 0 Å². The average molecular weight is 148 g/mol. The third-order valence-electron chi connectivity index (χ3n) is 2.90. The van der Waals surface area contributed by atoms with Crippen LogP contribution in [0.25, 0.3) is 0 Å². The van der Waals surface area contributed by atoms with E-state index in [0.717, 1.165) is 11.8 Å². The minimum absolute atomic E-state index is 0.886. The molecule has 11 heavy (non-hydrogen) atoms. The molecule has 0 saturated heterocycles. The molecule has 0 amide bonds. The number of rotatable bonds is 3. The van der Waals surface area contributed by atoms with Gasteiger partial charge in [0, 0.05) is 0 Å². The van der Waals surface area contributed by atoms with Crippen molar-refractivity contribution in [2.24, 2.45) is 11.8 Å². The van der Waals surface area contributed by atoms with Crippen molar-refractivity contribution in [2.75, 3.05) is 0 Å². The van der Waals surface area contributed by atoms with Crippen LogP contribution in [-0.4, -0.2) is 0 Å². The van der Waals surface area contributed by atoms with Gasteiger partial charge in [-0.2, -0.15) is 0 Å². The second-order valence-corrected chi connectivity index (χ2v) is 3.77. The predicted octanol–water partition coefficient (Wildman–Crippen LogP) is 3.31. The molecule has 2 aliphatic carbocycles. The molecule has 2 atom stereocenters. The fraction of sp³-hybridized carbons (Fsp3) is 0.636. The zero-order valence-electron chi connectivity index (χ0n) is 7.22. The van der Waals surface area contributed by atoms with E-state index in [0.29, 0.717) is 0 Å². The highest BCUT2D eigenvalue weighted by Gasteiger charge is 2.27. The second kappa shape index (κ2) is 2.84. The lowest BCUT2D eigenvalue weighted by atomic mass is 9.91. The summed E-state index contributed by atoms with van der Waals surface area (Å²) in [6.45, 7) is 2.27. The largest absolute Gasteiger partial charge is 0.0802 e. The number of hydrogen-bond acceptors (Lipinski definition) is 0. The summed E-state index contributed by atoms with van der Waals surface area (Å²) in [5.41, 5.74) is 1.59. The number of hydrogen-bond donors (Lipinski definition) is 0. The van der Waals surface area contributed by atoms with Gasteiger partial charge in [0.2, 0.25) is 0 Å². The fourth-order valence-electron chi connectivity index (χ4n) is 2.21. The quantitative estimate of drug-likeness (QED) is 0.576. The van der Waals surface area contributed by atoms with Crippen molar-refractivity contribution in [3.63, 3.8) is 0 Å². The van der Waals surface area contributed by atoms with Crippen LogP contribution in [0.2, 0.25) is 0 Å². The topological polar surface area (TPSA) is 0 Å². The highest BCUT2D eigenvalue weighted by atomic mass is 14.3. The Labute approximate surface area is 69.0 Å². The van der Waals surface area contributed by atoms with Crippen LogP contribution in [-0.2, 0) is 0 Å². The molecule has 0 heteroatoms. The third kappa shape index (κ3) is 1.26. The molecule has 0 aromatic carbocycles. The number of allylic oxidation sites excluding steroid dienone is 4. The van der Waals surface area contributed by atoms with Crippen molar-refractivity contribution in [3.05, 3.63) is 23.8 Å². The average Bonchev–Trinajstić information content (AvgIpc) is 2.60. The maximum absolute atomic E-state index is 2.49. The Kier molecular flexibility index (Phi) is 1.85. The van der Waals surface area contributed by atoms with E-state index in [2.05, 4.69) is 25.2 Å². The van der Waals surface area contributed by atoms with E-state index in [9.17, 15) is 0 Å². The molecule has 2 unspecified atom stereocenters. The van der Waals surface area contributed by atoms with Gasteiger partial charge < -0.3 is 0 Å². The Morgan fingerprint density at radius 1 is 1.55 bits per heavy atom. The monoisotopic (exact) mass is 148 g/mol. The highest BCUT2D eigenvalue weighted by molar-refractivity contribution is 5.34. The lowest BCUT2D eigenvalue weighted by Gasteiger charge is -2.13. The van der Waals surface area contributed by atoms with Crippen LogP contribution in [0.5, 0.6) is 0 Å². The van der Waals surface area contributed by atoms with Crippen molar-refractivity contribution < 1.29 is 0 Å². The summed E-state index contributed by atoms with van der Waals surface area (Å²) in [6, 6.07) is 0. The molecule has 0 nitrogen and oxygen atoms in total. The van der Waals surface area contributed by atoms with Crippen LogP contribution >= 0.6 is 0 Å². The first-order valence-corrected chi connectivity index (χ1v) is 4.79. The van der Waals surface area contributed by atoms with Gasteiger partial charge in [-0.15, -0.1) is 0 Å². The van der Waals surface area contributed by atoms with Crippen molar-refractivity contribution in [2.45, 2.75) is 32.6 Å². The molecule has 0 radical (unpaired) electrons. The van der Waals surface area contributed by atoms with Gasteiger partial charge in [-0.05, 0) is 24.7 Å². The van der Waals surface area contributed by atoms with Gasteiger partial charge in [-0.3, -0.25) is 0 Å². The van der Waals surface area contributed by atoms with Crippen LogP contribution in [0.4, 0.5) is 0 Å². The fourth-order valence-corrected chi connectivity index (χ4v) is 2.21. The molecule has 0 saturated carbocycles. The Balaban J connectivity index is 1.90. The van der Waals surface area contributed by atoms with Gasteiger partial charge in [0.15, 0.2) is 0 Å². The Morgan fingerprint density at radius 2 is 2.45 bits per heavy atom. The van der Waals surface area contributed by atoms with E-state index in [1.54, 1.807) is 5.57 Å². The molecule has 2 bridgehead atoms. The van der Waals surface area contributed by atoms with Gasteiger partial charge in [0.05, 0.1) is 0 Å². The molecule has 0 aromatic rings. The lowest BCUT2D eigenvalue weighted by molar-refractivity contribution is 0.463. The van der Waals surface area contributed by atoms with Gasteiger partial charge in [0.25, 0.3) is 0 Å². The van der Waals surface area contributed by atoms with Crippen LogP contribution in [0.3, 0.4) is 0 Å². The number of fused-ring (bicyclic) bond motifs is 2. The summed E-state index contributed by atoms with van der Waals surface area (Å²) >= 11 is 0. The molecule has 0 fully saturated rings. The van der Waals surface area contributed by atoms with Gasteiger partial charge in [-0.1, -0.05) is 43.6 Å². The molecular weight excluding hydrogens is 132 g/mol. The lowest BCUT2D eigenvalue weighted by Crippen LogP contribution is -2.04. The minimum Gasteiger partial charge on any atom is -0.0802 e. The molecule has 0 N–H and O–H groups in total. The zero-order valence-corrected chi connectivity index (χ0v) is 7.22. The van der Waals surface area contributed by atoms with Crippen LogP contribution < -0.4 is 0 Å². The molecule has 0 spiro atoms. The van der Waals surface area contributed by atoms with E-state index in [1.807, 2.05) is 0 Å². The van der Waals surface area contributed by atoms with Crippen LogP contribution in [0, 0.1) is 11.8 Å². The van der Waals surface area contributed by atoms with E-state index >= 15 is 0 Å². The Hall–Kier alpha value is -0.520. The smallest absolute Gasteiger partial charge is 0.0127 e. The predicted molar refractivity (Wildman–Crippen MR) is 48.3 cm³/mol. The van der Waals surface area contributed by atoms with E-state index in [4.69, 9.17) is 0 Å². The normalized spacial score (nSPS) is 33.0. The Bertz CT molecular complexity index is 198. The van der Waals surface area contributed by atoms with Crippen molar-refractivity contribution in [1.82, 2.24) is 0 Å². The Morgan fingerprint density at radius 3 is 3.00 bits per heavy atom. The standard InChI is InChI=1S/C11H16/c1-2-3-4-10-7-9-5-6-11(10)8-9/h5-7,10-11H,2-4,8H2,1H3. The minimum atomic E-state index is 0.886. The summed E-state index contributed by atoms with van der Waals surface area (Å²) in [6.07, 6.45) is 12.7. The van der Waals surface area contributed by atoms with E-state index in [1.165, 1.54) is 25.7 Å². The zero-order chi connectivity index (χ0) is 7.68. The van der Waals surface area contributed by atoms with Crippen molar-refractivity contribution in [1.29, 1.82) is 0 Å². The molecule has 0 aliphatic heterocycles. The van der Waals surface area contributed by atoms with Gasteiger partial charge >= 0.3 is 0 Å². The molecule has 0 heterocycles. The number of unbranched alkanes of at least 4 members (excludes halogenated alkanes) is 1. The van der Waals surface area contributed by atoms with Crippen LogP contribution in [0.1, 0.15) is 32.6 Å².